The molecule has 12 heteroatoms. The Bertz CT molecular complexity index is 1640. The third kappa shape index (κ3) is 5.48. The molecule has 2 aromatic carbocycles. The first-order valence-electron chi connectivity index (χ1n) is 11.9. The molecule has 0 unspecified atom stereocenters. The van der Waals surface area contributed by atoms with Crippen molar-refractivity contribution in [3.8, 4) is 5.69 Å². The summed E-state index contributed by atoms with van der Waals surface area (Å²) >= 11 is 5.76. The minimum absolute atomic E-state index is 0.353. The molecule has 2 aromatic heterocycles. The van der Waals surface area contributed by atoms with Crippen molar-refractivity contribution in [1.29, 1.82) is 0 Å². The minimum Gasteiger partial charge on any atom is -0.351 e. The number of aryl methyl sites for hydroxylation is 1. The van der Waals surface area contributed by atoms with E-state index in [2.05, 4.69) is 15.0 Å². The van der Waals surface area contributed by atoms with E-state index in [1.807, 2.05) is 29.2 Å². The van der Waals surface area contributed by atoms with Gasteiger partial charge < -0.3 is 14.8 Å². The van der Waals surface area contributed by atoms with Gasteiger partial charge in [0.25, 0.3) is 0 Å². The van der Waals surface area contributed by atoms with Gasteiger partial charge in [0.05, 0.1) is 29.2 Å². The molecule has 4 aromatic rings. The van der Waals surface area contributed by atoms with Crippen molar-refractivity contribution in [2.45, 2.75) is 25.2 Å². The molecule has 2 atom stereocenters. The van der Waals surface area contributed by atoms with Gasteiger partial charge in [-0.1, -0.05) is 12.1 Å². The first-order chi connectivity index (χ1) is 18.4. The molecule has 2 N–H and O–H groups in total. The van der Waals surface area contributed by atoms with Crippen LogP contribution in [0, 0.1) is 6.92 Å². The Labute approximate surface area is 229 Å². The molecule has 1 aliphatic heterocycles. The molecule has 1 aliphatic rings. The second-order valence-corrected chi connectivity index (χ2v) is 11.4. The molecular weight excluding hydrogens is 547 g/mol. The van der Waals surface area contributed by atoms with Gasteiger partial charge in [-0.25, -0.2) is 8.42 Å². The fourth-order valence-electron chi connectivity index (χ4n) is 4.75. The predicted octanol–water partition coefficient (Wildman–Crippen LogP) is 5.75. The lowest BCUT2D eigenvalue weighted by molar-refractivity contribution is -0.137. The highest BCUT2D eigenvalue weighted by atomic mass is 32.2. The van der Waals surface area contributed by atoms with E-state index in [4.69, 9.17) is 12.2 Å². The number of hydrogen-bond acceptors (Lipinski definition) is 4. The van der Waals surface area contributed by atoms with Gasteiger partial charge in [0.2, 0.25) is 10.0 Å². The first kappa shape index (κ1) is 26.7. The van der Waals surface area contributed by atoms with Crippen molar-refractivity contribution in [3.63, 3.8) is 0 Å². The van der Waals surface area contributed by atoms with Crippen LogP contribution < -0.4 is 14.9 Å². The molecule has 0 spiro atoms. The molecule has 0 amide bonds. The van der Waals surface area contributed by atoms with Crippen LogP contribution in [0.15, 0.2) is 85.2 Å². The van der Waals surface area contributed by atoms with Gasteiger partial charge in [-0.2, -0.15) is 13.2 Å². The molecular formula is C27H24F3N5O2S2. The SMILES string of the molecule is Cc1cc(N2C(=S)N[C@H](c3ccccn3)[C@@H]2c2cccn2-c2cccc(C(F)(F)F)c2)ccc1NS(C)(=O)=O. The lowest BCUT2D eigenvalue weighted by Gasteiger charge is -2.29. The van der Waals surface area contributed by atoms with Crippen LogP contribution >= 0.6 is 12.2 Å². The monoisotopic (exact) mass is 571 g/mol. The summed E-state index contributed by atoms with van der Waals surface area (Å²) in [6.45, 7) is 1.78. The molecule has 1 fully saturated rings. The van der Waals surface area contributed by atoms with E-state index >= 15 is 0 Å². The van der Waals surface area contributed by atoms with Crippen molar-refractivity contribution in [1.82, 2.24) is 14.9 Å². The largest absolute Gasteiger partial charge is 0.416 e. The fourth-order valence-corrected chi connectivity index (χ4v) is 5.72. The second-order valence-electron chi connectivity index (χ2n) is 9.22. The number of halogens is 3. The Kier molecular flexibility index (Phi) is 6.85. The summed E-state index contributed by atoms with van der Waals surface area (Å²) in [5.41, 5.74) is 2.79. The van der Waals surface area contributed by atoms with Crippen molar-refractivity contribution in [2.24, 2.45) is 0 Å². The Balaban J connectivity index is 1.64. The zero-order valence-corrected chi connectivity index (χ0v) is 22.5. The van der Waals surface area contributed by atoms with Gasteiger partial charge in [-0.3, -0.25) is 9.71 Å². The smallest absolute Gasteiger partial charge is 0.351 e. The number of anilines is 2. The molecule has 3 heterocycles. The zero-order chi connectivity index (χ0) is 27.9. The number of pyridine rings is 1. The quantitative estimate of drug-likeness (QED) is 0.287. The third-order valence-electron chi connectivity index (χ3n) is 6.42. The standard InChI is InChI=1S/C27H24F3N5O2S2/c1-17-15-20(11-12-21(17)33-39(2,36)37)35-25(24(32-26(35)38)22-9-3-4-13-31-22)23-10-6-14-34(23)19-8-5-7-18(16-19)27(28,29)30/h3-16,24-25,33H,1-2H3,(H,32,38)/t24-,25+/m1/s1. The van der Waals surface area contributed by atoms with Crippen LogP contribution in [0.2, 0.25) is 0 Å². The number of nitrogens with zero attached hydrogens (tertiary/aromatic N) is 3. The highest BCUT2D eigenvalue weighted by Gasteiger charge is 2.42. The maximum Gasteiger partial charge on any atom is 0.416 e. The third-order valence-corrected chi connectivity index (χ3v) is 7.32. The summed E-state index contributed by atoms with van der Waals surface area (Å²) < 4.78 is 68.3. The van der Waals surface area contributed by atoms with Crippen molar-refractivity contribution < 1.29 is 21.6 Å². The van der Waals surface area contributed by atoms with Crippen LogP contribution in [0.3, 0.4) is 0 Å². The molecule has 7 nitrogen and oxygen atoms in total. The van der Waals surface area contributed by atoms with Gasteiger partial charge >= 0.3 is 6.18 Å². The lowest BCUT2D eigenvalue weighted by Crippen LogP contribution is -2.30. The van der Waals surface area contributed by atoms with E-state index in [9.17, 15) is 21.6 Å². The van der Waals surface area contributed by atoms with Crippen LogP contribution in [0.4, 0.5) is 24.5 Å². The summed E-state index contributed by atoms with van der Waals surface area (Å²) in [6.07, 6.45) is -0.0252. The molecule has 1 saturated heterocycles. The molecule has 39 heavy (non-hydrogen) atoms. The molecule has 0 aliphatic carbocycles. The predicted molar refractivity (Wildman–Crippen MR) is 148 cm³/mol. The van der Waals surface area contributed by atoms with Crippen LogP contribution in [0.25, 0.3) is 5.69 Å². The second kappa shape index (κ2) is 10.0. The van der Waals surface area contributed by atoms with Crippen LogP contribution in [0.1, 0.15) is 34.6 Å². The fraction of sp³-hybridized carbons (Fsp3) is 0.185. The Morgan fingerprint density at radius 3 is 2.46 bits per heavy atom. The van der Waals surface area contributed by atoms with Crippen LogP contribution in [-0.4, -0.2) is 29.3 Å². The maximum absolute atomic E-state index is 13.5. The number of hydrogen-bond donors (Lipinski definition) is 2. The van der Waals surface area contributed by atoms with E-state index in [0.29, 0.717) is 39.1 Å². The number of rotatable bonds is 6. The number of benzene rings is 2. The Morgan fingerprint density at radius 1 is 1.00 bits per heavy atom. The summed E-state index contributed by atoms with van der Waals surface area (Å²) in [6, 6.07) is 18.6. The van der Waals surface area contributed by atoms with Gasteiger partial charge in [-0.05, 0) is 85.4 Å². The Morgan fingerprint density at radius 2 is 1.79 bits per heavy atom. The topological polar surface area (TPSA) is 79.3 Å². The zero-order valence-electron chi connectivity index (χ0n) is 20.8. The molecule has 0 bridgehead atoms. The molecule has 202 valence electrons. The summed E-state index contributed by atoms with van der Waals surface area (Å²) in [4.78, 5) is 6.40. The van der Waals surface area contributed by atoms with Crippen molar-refractivity contribution in [3.05, 3.63) is 108 Å². The summed E-state index contributed by atoms with van der Waals surface area (Å²) in [5, 5.41) is 3.73. The lowest BCUT2D eigenvalue weighted by atomic mass is 10.00. The van der Waals surface area contributed by atoms with Gasteiger partial charge in [0.15, 0.2) is 5.11 Å². The van der Waals surface area contributed by atoms with E-state index in [1.165, 1.54) is 6.07 Å². The summed E-state index contributed by atoms with van der Waals surface area (Å²) in [7, 11) is -3.48. The van der Waals surface area contributed by atoms with Gasteiger partial charge in [0, 0.05) is 29.5 Å². The normalized spacial score (nSPS) is 17.8. The number of thiocarbonyl (C=S) groups is 1. The molecule has 5 rings (SSSR count). The van der Waals surface area contributed by atoms with E-state index < -0.39 is 33.8 Å². The maximum atomic E-state index is 13.5. The van der Waals surface area contributed by atoms with Crippen molar-refractivity contribution in [2.75, 3.05) is 15.9 Å². The highest BCUT2D eigenvalue weighted by molar-refractivity contribution is 7.92. The number of aromatic nitrogens is 2. The highest BCUT2D eigenvalue weighted by Crippen LogP contribution is 2.43. The molecule has 0 saturated carbocycles. The summed E-state index contributed by atoms with van der Waals surface area (Å²) in [5.74, 6) is 0. The number of sulfonamides is 1. The van der Waals surface area contributed by atoms with Crippen LogP contribution in [-0.2, 0) is 16.2 Å². The Hall–Kier alpha value is -3.90. The van der Waals surface area contributed by atoms with E-state index in [-0.39, 0.29) is 0 Å². The number of nitrogens with one attached hydrogen (secondary N) is 2. The van der Waals surface area contributed by atoms with Crippen molar-refractivity contribution >= 4 is 38.7 Å². The van der Waals surface area contributed by atoms with Gasteiger partial charge in [0.1, 0.15) is 6.04 Å². The number of alkyl halides is 3. The average Bonchev–Trinajstić information content (AvgIpc) is 3.49. The van der Waals surface area contributed by atoms with E-state index in [1.54, 1.807) is 54.2 Å². The molecule has 0 radical (unpaired) electrons. The van der Waals surface area contributed by atoms with Crippen LogP contribution in [0.5, 0.6) is 0 Å². The van der Waals surface area contributed by atoms with Gasteiger partial charge in [-0.15, -0.1) is 0 Å². The van der Waals surface area contributed by atoms with E-state index in [0.717, 1.165) is 18.4 Å². The average molecular weight is 572 g/mol. The minimum atomic E-state index is -4.48. The first-order valence-corrected chi connectivity index (χ1v) is 14.2.